The zero-order chi connectivity index (χ0) is 17.6. The number of benzene rings is 1. The van der Waals surface area contributed by atoms with Crippen molar-refractivity contribution < 1.29 is 4.79 Å². The Labute approximate surface area is 157 Å². The molecule has 0 spiro atoms. The molecule has 0 radical (unpaired) electrons. The minimum atomic E-state index is 0.00331. The first-order chi connectivity index (χ1) is 12.0. The summed E-state index contributed by atoms with van der Waals surface area (Å²) in [7, 11) is 0. The number of rotatable bonds is 4. The Kier molecular flexibility index (Phi) is 4.59. The topological polar surface area (TPSA) is 42.0 Å². The van der Waals surface area contributed by atoms with Gasteiger partial charge < -0.3 is 5.32 Å². The lowest BCUT2D eigenvalue weighted by Gasteiger charge is -2.28. The summed E-state index contributed by atoms with van der Waals surface area (Å²) in [6, 6.07) is 7.87. The monoisotopic (exact) mass is 374 g/mol. The largest absolute Gasteiger partial charge is 0.349 e. The van der Waals surface area contributed by atoms with Gasteiger partial charge in [0.2, 0.25) is 0 Å². The maximum absolute atomic E-state index is 12.8. The van der Waals surface area contributed by atoms with Crippen molar-refractivity contribution in [2.24, 2.45) is 17.8 Å². The third-order valence-electron chi connectivity index (χ3n) is 5.90. The van der Waals surface area contributed by atoms with Crippen LogP contribution in [0.2, 0.25) is 5.02 Å². The molecule has 2 aliphatic rings. The molecule has 4 atom stereocenters. The summed E-state index contributed by atoms with van der Waals surface area (Å²) in [5.74, 6) is 2.34. The van der Waals surface area contributed by atoms with Crippen molar-refractivity contribution in [1.82, 2.24) is 10.3 Å². The molecule has 1 amide bonds. The molecule has 0 aliphatic heterocycles. The number of hydrogen-bond donors (Lipinski definition) is 1. The van der Waals surface area contributed by atoms with E-state index in [1.807, 2.05) is 31.2 Å². The summed E-state index contributed by atoms with van der Waals surface area (Å²) >= 11 is 7.70. The van der Waals surface area contributed by atoms with Gasteiger partial charge in [0.05, 0.1) is 10.7 Å². The number of aryl methyl sites for hydroxylation is 1. The molecule has 1 heterocycles. The quantitative estimate of drug-likeness (QED) is 0.786. The fraction of sp³-hybridized carbons (Fsp3) is 0.500. The standard InChI is InChI=1S/C20H23ClN2OS/c1-11(16-10-13-7-8-14(16)9-13)22-19(24)18-12(2)23-20(25-18)15-5-3-4-6-17(15)21/h3-6,11,13-14,16H,7-10H2,1-2H3,(H,22,24). The summed E-state index contributed by atoms with van der Waals surface area (Å²) in [5.41, 5.74) is 1.66. The zero-order valence-corrected chi connectivity index (χ0v) is 16.2. The van der Waals surface area contributed by atoms with Gasteiger partial charge >= 0.3 is 0 Å². The van der Waals surface area contributed by atoms with Crippen molar-refractivity contribution in [3.63, 3.8) is 0 Å². The van der Waals surface area contributed by atoms with Crippen molar-refractivity contribution in [2.45, 2.75) is 45.6 Å². The second kappa shape index (κ2) is 6.73. The number of aromatic nitrogens is 1. The van der Waals surface area contributed by atoms with Crippen LogP contribution in [0.15, 0.2) is 24.3 Å². The van der Waals surface area contributed by atoms with Crippen molar-refractivity contribution in [2.75, 3.05) is 0 Å². The minimum absolute atomic E-state index is 0.00331. The molecule has 4 unspecified atom stereocenters. The van der Waals surface area contributed by atoms with Crippen LogP contribution in [0.3, 0.4) is 0 Å². The summed E-state index contributed by atoms with van der Waals surface area (Å²) < 4.78 is 0. The molecule has 0 saturated heterocycles. The van der Waals surface area contributed by atoms with Gasteiger partial charge in [-0.05, 0) is 56.9 Å². The van der Waals surface area contributed by atoms with E-state index in [2.05, 4.69) is 17.2 Å². The van der Waals surface area contributed by atoms with Gasteiger partial charge in [-0.15, -0.1) is 11.3 Å². The van der Waals surface area contributed by atoms with E-state index in [0.29, 0.717) is 15.8 Å². The molecule has 1 aromatic heterocycles. The van der Waals surface area contributed by atoms with E-state index in [0.717, 1.165) is 28.1 Å². The molecule has 3 nitrogen and oxygen atoms in total. The first-order valence-corrected chi connectivity index (χ1v) is 10.3. The first-order valence-electron chi connectivity index (χ1n) is 9.06. The van der Waals surface area contributed by atoms with Gasteiger partial charge in [0.25, 0.3) is 5.91 Å². The normalized spacial score (nSPS) is 26.0. The SMILES string of the molecule is Cc1nc(-c2ccccc2Cl)sc1C(=O)NC(C)C1CC2CCC1C2. The number of nitrogens with one attached hydrogen (secondary N) is 1. The fourth-order valence-corrected chi connectivity index (χ4v) is 5.93. The van der Waals surface area contributed by atoms with Crippen LogP contribution >= 0.6 is 22.9 Å². The number of halogens is 1. The number of thiazole rings is 1. The van der Waals surface area contributed by atoms with Gasteiger partial charge in [-0.1, -0.05) is 36.2 Å². The first kappa shape index (κ1) is 17.0. The molecule has 2 bridgehead atoms. The molecule has 2 aromatic rings. The van der Waals surface area contributed by atoms with Crippen molar-refractivity contribution in [1.29, 1.82) is 0 Å². The summed E-state index contributed by atoms with van der Waals surface area (Å²) in [5, 5.41) is 4.71. The Morgan fingerprint density at radius 3 is 2.80 bits per heavy atom. The Morgan fingerprint density at radius 2 is 2.12 bits per heavy atom. The molecule has 2 aliphatic carbocycles. The Hall–Kier alpha value is -1.39. The molecule has 132 valence electrons. The zero-order valence-electron chi connectivity index (χ0n) is 14.6. The Morgan fingerprint density at radius 1 is 1.32 bits per heavy atom. The van der Waals surface area contributed by atoms with Crippen LogP contribution in [-0.4, -0.2) is 16.9 Å². The van der Waals surface area contributed by atoms with Gasteiger partial charge in [-0.3, -0.25) is 4.79 Å². The number of nitrogens with zero attached hydrogens (tertiary/aromatic N) is 1. The van der Waals surface area contributed by atoms with E-state index in [4.69, 9.17) is 11.6 Å². The van der Waals surface area contributed by atoms with Gasteiger partial charge in [0.1, 0.15) is 9.88 Å². The van der Waals surface area contributed by atoms with Crippen LogP contribution in [0, 0.1) is 24.7 Å². The van der Waals surface area contributed by atoms with Crippen LogP contribution in [0.25, 0.3) is 10.6 Å². The molecule has 5 heteroatoms. The average molecular weight is 375 g/mol. The summed E-state index contributed by atoms with van der Waals surface area (Å²) in [6.07, 6.45) is 5.36. The van der Waals surface area contributed by atoms with Crippen LogP contribution < -0.4 is 5.32 Å². The summed E-state index contributed by atoms with van der Waals surface area (Å²) in [6.45, 7) is 4.06. The predicted octanol–water partition coefficient (Wildman–Crippen LogP) is 5.33. The van der Waals surface area contributed by atoms with E-state index >= 15 is 0 Å². The fourth-order valence-electron chi connectivity index (χ4n) is 4.64. The second-order valence-corrected chi connectivity index (χ2v) is 8.92. The Balaban J connectivity index is 1.50. The molecule has 2 fully saturated rings. The lowest BCUT2D eigenvalue weighted by atomic mass is 9.84. The smallest absolute Gasteiger partial charge is 0.263 e. The molecule has 4 rings (SSSR count). The maximum atomic E-state index is 12.8. The van der Waals surface area contributed by atoms with Crippen LogP contribution in [0.1, 0.15) is 48.0 Å². The lowest BCUT2D eigenvalue weighted by molar-refractivity contribution is 0.0918. The van der Waals surface area contributed by atoms with Gasteiger partial charge in [0.15, 0.2) is 0 Å². The highest BCUT2D eigenvalue weighted by Crippen LogP contribution is 2.49. The predicted molar refractivity (Wildman–Crippen MR) is 103 cm³/mol. The number of fused-ring (bicyclic) bond motifs is 2. The number of hydrogen-bond acceptors (Lipinski definition) is 3. The van der Waals surface area contributed by atoms with E-state index in [1.165, 1.54) is 37.0 Å². The third kappa shape index (κ3) is 3.22. The van der Waals surface area contributed by atoms with E-state index < -0.39 is 0 Å². The second-order valence-electron chi connectivity index (χ2n) is 7.51. The van der Waals surface area contributed by atoms with E-state index in [9.17, 15) is 4.79 Å². The van der Waals surface area contributed by atoms with E-state index in [-0.39, 0.29) is 11.9 Å². The number of amides is 1. The minimum Gasteiger partial charge on any atom is -0.349 e. The highest BCUT2D eigenvalue weighted by molar-refractivity contribution is 7.17. The Bertz CT molecular complexity index is 803. The number of carbonyl (C=O) groups is 1. The lowest BCUT2D eigenvalue weighted by Crippen LogP contribution is -2.40. The van der Waals surface area contributed by atoms with Crippen LogP contribution in [0.5, 0.6) is 0 Å². The van der Waals surface area contributed by atoms with E-state index in [1.54, 1.807) is 0 Å². The highest BCUT2D eigenvalue weighted by Gasteiger charge is 2.42. The van der Waals surface area contributed by atoms with Gasteiger partial charge in [-0.2, -0.15) is 0 Å². The molecule has 25 heavy (non-hydrogen) atoms. The van der Waals surface area contributed by atoms with Gasteiger partial charge in [0, 0.05) is 11.6 Å². The van der Waals surface area contributed by atoms with Crippen LogP contribution in [0.4, 0.5) is 0 Å². The molecule has 1 aromatic carbocycles. The third-order valence-corrected chi connectivity index (χ3v) is 7.42. The molecular weight excluding hydrogens is 352 g/mol. The number of carbonyl (C=O) groups excluding carboxylic acids is 1. The van der Waals surface area contributed by atoms with Crippen molar-refractivity contribution in [3.05, 3.63) is 39.9 Å². The molecule has 1 N–H and O–H groups in total. The van der Waals surface area contributed by atoms with Gasteiger partial charge in [-0.25, -0.2) is 4.98 Å². The molecule has 2 saturated carbocycles. The summed E-state index contributed by atoms with van der Waals surface area (Å²) in [4.78, 5) is 18.1. The molecular formula is C20H23ClN2OS. The average Bonchev–Trinajstić information content (AvgIpc) is 3.30. The maximum Gasteiger partial charge on any atom is 0.263 e. The van der Waals surface area contributed by atoms with Crippen LogP contribution in [-0.2, 0) is 0 Å². The highest BCUT2D eigenvalue weighted by atomic mass is 35.5. The van der Waals surface area contributed by atoms with Crippen molar-refractivity contribution in [3.8, 4) is 10.6 Å². The van der Waals surface area contributed by atoms with Crippen molar-refractivity contribution >= 4 is 28.8 Å².